The van der Waals surface area contributed by atoms with E-state index in [1.807, 2.05) is 19.2 Å². The van der Waals surface area contributed by atoms with Gasteiger partial charge in [-0.3, -0.25) is 9.69 Å². The van der Waals surface area contributed by atoms with E-state index in [4.69, 9.17) is 10.5 Å². The first-order chi connectivity index (χ1) is 14.5. The van der Waals surface area contributed by atoms with Crippen LogP contribution in [0, 0.1) is 11.8 Å². The van der Waals surface area contributed by atoms with Crippen LogP contribution in [0.25, 0.3) is 10.9 Å². The molecule has 1 aliphatic carbocycles. The zero-order valence-corrected chi connectivity index (χ0v) is 17.7. The van der Waals surface area contributed by atoms with Crippen LogP contribution in [0.5, 0.6) is 0 Å². The number of amides is 1. The Hall–Kier alpha value is -2.63. The Labute approximate surface area is 177 Å². The zero-order valence-electron chi connectivity index (χ0n) is 17.7. The summed E-state index contributed by atoms with van der Waals surface area (Å²) in [5.74, 6) is 0.419. The molecule has 156 valence electrons. The summed E-state index contributed by atoms with van der Waals surface area (Å²) in [6, 6.07) is 16.4. The van der Waals surface area contributed by atoms with Crippen LogP contribution in [-0.2, 0) is 23.9 Å². The van der Waals surface area contributed by atoms with E-state index >= 15 is 0 Å². The van der Waals surface area contributed by atoms with Crippen LogP contribution in [0.1, 0.15) is 34.3 Å². The number of para-hydroxylation sites is 1. The molecule has 1 saturated heterocycles. The molecule has 2 N–H and O–H groups in total. The molecule has 1 saturated carbocycles. The zero-order chi connectivity index (χ0) is 20.9. The maximum Gasteiger partial charge on any atom is 0.248 e. The Kier molecular flexibility index (Phi) is 4.68. The first-order valence-electron chi connectivity index (χ1n) is 10.7. The number of benzene rings is 2. The number of fused-ring (bicyclic) bond motifs is 3. The molecule has 1 aliphatic heterocycles. The van der Waals surface area contributed by atoms with Gasteiger partial charge in [-0.15, -0.1) is 0 Å². The number of carbonyl (C=O) groups is 1. The molecular weight excluding hydrogens is 374 g/mol. The summed E-state index contributed by atoms with van der Waals surface area (Å²) in [6.45, 7) is 2.94. The van der Waals surface area contributed by atoms with Crippen LogP contribution >= 0.6 is 0 Å². The summed E-state index contributed by atoms with van der Waals surface area (Å²) in [5.41, 5.74) is 9.53. The molecular formula is C25H29N3O2. The quantitative estimate of drug-likeness (QED) is 0.707. The van der Waals surface area contributed by atoms with Crippen molar-refractivity contribution in [2.24, 2.45) is 24.6 Å². The van der Waals surface area contributed by atoms with E-state index in [1.54, 1.807) is 6.07 Å². The van der Waals surface area contributed by atoms with Crippen LogP contribution in [0.15, 0.2) is 54.7 Å². The molecule has 0 radical (unpaired) electrons. The number of carbonyl (C=O) groups excluding carboxylic acids is 1. The number of nitrogens with two attached hydrogens (primary N) is 1. The number of likely N-dealkylation sites (tertiary alicyclic amines) is 1. The second-order valence-corrected chi connectivity index (χ2v) is 8.89. The van der Waals surface area contributed by atoms with E-state index in [9.17, 15) is 4.79 Å². The number of rotatable bonds is 5. The van der Waals surface area contributed by atoms with Gasteiger partial charge in [0.25, 0.3) is 0 Å². The van der Waals surface area contributed by atoms with Crippen molar-refractivity contribution in [2.75, 3.05) is 20.2 Å². The molecule has 30 heavy (non-hydrogen) atoms. The molecule has 5 rings (SSSR count). The number of aromatic nitrogens is 1. The van der Waals surface area contributed by atoms with Gasteiger partial charge < -0.3 is 15.0 Å². The van der Waals surface area contributed by atoms with Gasteiger partial charge in [0.1, 0.15) is 5.60 Å². The van der Waals surface area contributed by atoms with Gasteiger partial charge in [-0.05, 0) is 42.2 Å². The highest BCUT2D eigenvalue weighted by Crippen LogP contribution is 2.53. The summed E-state index contributed by atoms with van der Waals surface area (Å²) in [7, 11) is 3.94. The second-order valence-electron chi connectivity index (χ2n) is 8.89. The number of nitrogens with zero attached hydrogens (tertiary/aromatic N) is 2. The van der Waals surface area contributed by atoms with Crippen molar-refractivity contribution >= 4 is 16.8 Å². The first-order valence-corrected chi connectivity index (χ1v) is 10.7. The van der Waals surface area contributed by atoms with Gasteiger partial charge in [0, 0.05) is 68.3 Å². The Balaban J connectivity index is 1.44. The van der Waals surface area contributed by atoms with E-state index in [-0.39, 0.29) is 11.5 Å². The van der Waals surface area contributed by atoms with Crippen LogP contribution in [-0.4, -0.2) is 35.6 Å². The van der Waals surface area contributed by atoms with Crippen LogP contribution in [0.2, 0.25) is 0 Å². The lowest BCUT2D eigenvalue weighted by atomic mass is 9.74. The lowest BCUT2D eigenvalue weighted by Crippen LogP contribution is -2.52. The Bertz CT molecular complexity index is 1090. The summed E-state index contributed by atoms with van der Waals surface area (Å²) in [6.07, 6.45) is 4.55. The van der Waals surface area contributed by atoms with E-state index < -0.39 is 0 Å². The average Bonchev–Trinajstić information content (AvgIpc) is 3.17. The van der Waals surface area contributed by atoms with Crippen molar-refractivity contribution in [1.82, 2.24) is 9.47 Å². The third kappa shape index (κ3) is 2.88. The highest BCUT2D eigenvalue weighted by atomic mass is 16.5. The van der Waals surface area contributed by atoms with Crippen molar-refractivity contribution in [3.8, 4) is 0 Å². The molecule has 2 atom stereocenters. The minimum Gasteiger partial charge on any atom is -0.373 e. The van der Waals surface area contributed by atoms with Crippen molar-refractivity contribution in [1.29, 1.82) is 0 Å². The number of primary amides is 1. The fourth-order valence-electron chi connectivity index (χ4n) is 6.08. The lowest BCUT2D eigenvalue weighted by molar-refractivity contribution is -0.120. The SMILES string of the molecule is COC1(c2cccc(C(N)=O)c2)C2CCC1CN(Cc1cn(C)c3ccccc13)C2. The third-order valence-electron chi connectivity index (χ3n) is 7.34. The molecule has 2 unspecified atom stereocenters. The van der Waals surface area contributed by atoms with Crippen molar-refractivity contribution < 1.29 is 9.53 Å². The molecule has 5 heteroatoms. The molecule has 1 aromatic heterocycles. The van der Waals surface area contributed by atoms with Crippen LogP contribution in [0.3, 0.4) is 0 Å². The van der Waals surface area contributed by atoms with Crippen molar-refractivity contribution in [3.05, 3.63) is 71.4 Å². The minimum atomic E-state index is -0.385. The number of ether oxygens (including phenoxy) is 1. The minimum absolute atomic E-state index is 0.333. The maximum atomic E-state index is 11.7. The van der Waals surface area contributed by atoms with Gasteiger partial charge in [0.05, 0.1) is 0 Å². The lowest BCUT2D eigenvalue weighted by Gasteiger charge is -2.47. The van der Waals surface area contributed by atoms with Gasteiger partial charge in [-0.1, -0.05) is 30.3 Å². The first kappa shape index (κ1) is 19.3. The molecule has 2 aromatic carbocycles. The maximum absolute atomic E-state index is 11.7. The highest BCUT2D eigenvalue weighted by Gasteiger charge is 2.55. The van der Waals surface area contributed by atoms with Gasteiger partial charge in [-0.25, -0.2) is 0 Å². The molecule has 2 fully saturated rings. The van der Waals surface area contributed by atoms with Crippen LogP contribution < -0.4 is 5.73 Å². The van der Waals surface area contributed by atoms with E-state index in [0.717, 1.165) is 38.0 Å². The smallest absolute Gasteiger partial charge is 0.248 e. The fraction of sp³-hybridized carbons (Fsp3) is 0.400. The molecule has 1 amide bonds. The number of piperidine rings is 1. The summed E-state index contributed by atoms with van der Waals surface area (Å²) in [4.78, 5) is 14.3. The molecule has 2 bridgehead atoms. The molecule has 2 aliphatic rings. The van der Waals surface area contributed by atoms with Crippen molar-refractivity contribution in [2.45, 2.75) is 25.0 Å². The summed E-state index contributed by atoms with van der Waals surface area (Å²) < 4.78 is 8.50. The highest BCUT2D eigenvalue weighted by molar-refractivity contribution is 5.93. The van der Waals surface area contributed by atoms with E-state index in [1.165, 1.54) is 16.5 Å². The van der Waals surface area contributed by atoms with Crippen molar-refractivity contribution in [3.63, 3.8) is 0 Å². The Morgan fingerprint density at radius 3 is 2.57 bits per heavy atom. The third-order valence-corrected chi connectivity index (χ3v) is 7.34. The number of aryl methyl sites for hydroxylation is 1. The number of hydrogen-bond acceptors (Lipinski definition) is 3. The Morgan fingerprint density at radius 2 is 1.87 bits per heavy atom. The monoisotopic (exact) mass is 403 g/mol. The van der Waals surface area contributed by atoms with Gasteiger partial charge in [-0.2, -0.15) is 0 Å². The van der Waals surface area contributed by atoms with E-state index in [2.05, 4.69) is 53.0 Å². The second kappa shape index (κ2) is 7.25. The Morgan fingerprint density at radius 1 is 1.13 bits per heavy atom. The largest absolute Gasteiger partial charge is 0.373 e. The molecule has 0 spiro atoms. The normalized spacial score (nSPS) is 26.3. The summed E-state index contributed by atoms with van der Waals surface area (Å²) >= 11 is 0. The predicted octanol–water partition coefficient (Wildman–Crippen LogP) is 3.66. The van der Waals surface area contributed by atoms with Gasteiger partial charge >= 0.3 is 0 Å². The predicted molar refractivity (Wildman–Crippen MR) is 118 cm³/mol. The fourth-order valence-corrected chi connectivity index (χ4v) is 6.08. The molecule has 2 heterocycles. The van der Waals surface area contributed by atoms with Crippen LogP contribution in [0.4, 0.5) is 0 Å². The standard InChI is InChI=1S/C25H29N3O2/c1-27-13-18(22-8-3-4-9-23(22)27)14-28-15-20-10-11-21(16-28)25(20,30-2)19-7-5-6-17(12-19)24(26)29/h3-9,12-13,20-21H,10-11,14-16H2,1-2H3,(H2,26,29). The van der Waals surface area contributed by atoms with Gasteiger partial charge in [0.2, 0.25) is 5.91 Å². The average molecular weight is 404 g/mol. The molecule has 5 nitrogen and oxygen atoms in total. The topological polar surface area (TPSA) is 60.5 Å². The summed E-state index contributed by atoms with van der Waals surface area (Å²) in [5, 5.41) is 1.34. The van der Waals surface area contributed by atoms with E-state index in [0.29, 0.717) is 17.4 Å². The van der Waals surface area contributed by atoms with Gasteiger partial charge in [0.15, 0.2) is 0 Å². The number of hydrogen-bond donors (Lipinski definition) is 1. The molecule has 3 aromatic rings. The number of methoxy groups -OCH3 is 1.